The average Bonchev–Trinajstić information content (AvgIpc) is 2.38. The van der Waals surface area contributed by atoms with Crippen LogP contribution in [0.2, 0.25) is 15.1 Å². The molecule has 2 rings (SSSR count). The van der Waals surface area contributed by atoms with Crippen molar-refractivity contribution in [2.45, 2.75) is 0 Å². The van der Waals surface area contributed by atoms with Gasteiger partial charge in [0.1, 0.15) is 5.75 Å². The van der Waals surface area contributed by atoms with Crippen LogP contribution < -0.4 is 10.1 Å². The van der Waals surface area contributed by atoms with Crippen LogP contribution in [0.25, 0.3) is 0 Å². The van der Waals surface area contributed by atoms with Gasteiger partial charge in [-0.05, 0) is 36.4 Å². The Labute approximate surface area is 131 Å². The molecule has 0 atom stereocenters. The van der Waals surface area contributed by atoms with Gasteiger partial charge in [0, 0.05) is 10.0 Å². The first-order chi connectivity index (χ1) is 9.51. The summed E-state index contributed by atoms with van der Waals surface area (Å²) in [6.07, 6.45) is 0. The largest absolute Gasteiger partial charge is 0.495 e. The number of halogens is 3. The fourth-order valence-corrected chi connectivity index (χ4v) is 2.31. The van der Waals surface area contributed by atoms with E-state index in [9.17, 15) is 4.79 Å². The standard InChI is InChI=1S/C14H10Cl3NO2/c1-20-13-5-3-9(16)7-12(13)18-14(19)10-4-2-8(15)6-11(10)17/h2-7H,1H3,(H,18,19). The molecule has 0 unspecified atom stereocenters. The minimum atomic E-state index is -0.368. The Morgan fingerprint density at radius 1 is 1.05 bits per heavy atom. The number of hydrogen-bond acceptors (Lipinski definition) is 2. The fourth-order valence-electron chi connectivity index (χ4n) is 1.64. The van der Waals surface area contributed by atoms with Gasteiger partial charge >= 0.3 is 0 Å². The predicted octanol–water partition coefficient (Wildman–Crippen LogP) is 4.91. The molecule has 1 amide bonds. The lowest BCUT2D eigenvalue weighted by molar-refractivity contribution is 0.102. The molecular formula is C14H10Cl3NO2. The second kappa shape index (κ2) is 6.35. The number of anilines is 1. The number of amides is 1. The predicted molar refractivity (Wildman–Crippen MR) is 82.4 cm³/mol. The van der Waals surface area contributed by atoms with Gasteiger partial charge in [0.2, 0.25) is 0 Å². The van der Waals surface area contributed by atoms with Crippen molar-refractivity contribution in [2.75, 3.05) is 12.4 Å². The second-order valence-electron chi connectivity index (χ2n) is 3.92. The molecule has 0 radical (unpaired) electrons. The van der Waals surface area contributed by atoms with Crippen LogP contribution in [0.5, 0.6) is 5.75 Å². The van der Waals surface area contributed by atoms with E-state index in [1.165, 1.54) is 13.2 Å². The van der Waals surface area contributed by atoms with E-state index in [0.29, 0.717) is 27.0 Å². The highest BCUT2D eigenvalue weighted by Crippen LogP contribution is 2.29. The van der Waals surface area contributed by atoms with Crippen LogP contribution in [-0.2, 0) is 0 Å². The van der Waals surface area contributed by atoms with Crippen LogP contribution in [0, 0.1) is 0 Å². The quantitative estimate of drug-likeness (QED) is 0.868. The number of carbonyl (C=O) groups excluding carboxylic acids is 1. The highest BCUT2D eigenvalue weighted by Gasteiger charge is 2.13. The molecule has 2 aromatic rings. The Bertz CT molecular complexity index is 659. The second-order valence-corrected chi connectivity index (χ2v) is 5.20. The summed E-state index contributed by atoms with van der Waals surface area (Å²) in [6, 6.07) is 9.59. The van der Waals surface area contributed by atoms with Gasteiger partial charge in [-0.2, -0.15) is 0 Å². The van der Waals surface area contributed by atoms with E-state index in [0.717, 1.165) is 0 Å². The summed E-state index contributed by atoms with van der Waals surface area (Å²) in [6.45, 7) is 0. The van der Waals surface area contributed by atoms with Gasteiger partial charge in [0.15, 0.2) is 0 Å². The molecule has 0 saturated carbocycles. The number of rotatable bonds is 3. The molecule has 0 spiro atoms. The molecule has 0 aliphatic carbocycles. The normalized spacial score (nSPS) is 10.2. The topological polar surface area (TPSA) is 38.3 Å². The number of methoxy groups -OCH3 is 1. The van der Waals surface area contributed by atoms with E-state index in [1.807, 2.05) is 0 Å². The third-order valence-corrected chi connectivity index (χ3v) is 3.37. The molecule has 0 aliphatic heterocycles. The third-order valence-electron chi connectivity index (χ3n) is 2.59. The third kappa shape index (κ3) is 3.37. The van der Waals surface area contributed by atoms with Gasteiger partial charge in [0.05, 0.1) is 23.4 Å². The first-order valence-electron chi connectivity index (χ1n) is 5.61. The van der Waals surface area contributed by atoms with Crippen LogP contribution >= 0.6 is 34.8 Å². The average molecular weight is 331 g/mol. The fraction of sp³-hybridized carbons (Fsp3) is 0.0714. The van der Waals surface area contributed by atoms with Crippen molar-refractivity contribution in [1.82, 2.24) is 0 Å². The van der Waals surface area contributed by atoms with Gasteiger partial charge in [-0.1, -0.05) is 34.8 Å². The lowest BCUT2D eigenvalue weighted by atomic mass is 10.2. The van der Waals surface area contributed by atoms with E-state index in [2.05, 4.69) is 5.32 Å². The Balaban J connectivity index is 2.30. The smallest absolute Gasteiger partial charge is 0.257 e. The van der Waals surface area contributed by atoms with Crippen LogP contribution in [-0.4, -0.2) is 13.0 Å². The van der Waals surface area contributed by atoms with E-state index >= 15 is 0 Å². The molecule has 2 aromatic carbocycles. The zero-order valence-electron chi connectivity index (χ0n) is 10.4. The Morgan fingerprint density at radius 3 is 2.35 bits per heavy atom. The summed E-state index contributed by atoms with van der Waals surface area (Å²) in [5, 5.41) is 3.93. The lowest BCUT2D eigenvalue weighted by Gasteiger charge is -2.11. The van der Waals surface area contributed by atoms with Crippen molar-refractivity contribution in [2.24, 2.45) is 0 Å². The maximum absolute atomic E-state index is 12.2. The highest BCUT2D eigenvalue weighted by molar-refractivity contribution is 6.37. The summed E-state index contributed by atoms with van der Waals surface area (Å²) < 4.78 is 5.16. The van der Waals surface area contributed by atoms with Crippen molar-refractivity contribution in [3.63, 3.8) is 0 Å². The molecule has 0 bridgehead atoms. The van der Waals surface area contributed by atoms with Crippen molar-refractivity contribution >= 4 is 46.4 Å². The van der Waals surface area contributed by atoms with E-state index in [-0.39, 0.29) is 10.9 Å². The number of carbonyl (C=O) groups is 1. The molecule has 0 aliphatic rings. The van der Waals surface area contributed by atoms with Crippen molar-refractivity contribution in [3.8, 4) is 5.75 Å². The minimum absolute atomic E-state index is 0.274. The molecule has 1 N–H and O–H groups in total. The summed E-state index contributed by atoms with van der Waals surface area (Å²) in [7, 11) is 1.51. The monoisotopic (exact) mass is 329 g/mol. The molecule has 20 heavy (non-hydrogen) atoms. The molecule has 6 heteroatoms. The maximum atomic E-state index is 12.2. The molecule has 0 heterocycles. The Morgan fingerprint density at radius 2 is 1.70 bits per heavy atom. The van der Waals surface area contributed by atoms with E-state index in [1.54, 1.807) is 30.3 Å². The molecule has 104 valence electrons. The van der Waals surface area contributed by atoms with E-state index in [4.69, 9.17) is 39.5 Å². The van der Waals surface area contributed by atoms with E-state index < -0.39 is 0 Å². The molecular weight excluding hydrogens is 321 g/mol. The number of ether oxygens (including phenoxy) is 1. The van der Waals surface area contributed by atoms with Gasteiger partial charge in [-0.3, -0.25) is 4.79 Å². The lowest BCUT2D eigenvalue weighted by Crippen LogP contribution is -2.13. The summed E-state index contributed by atoms with van der Waals surface area (Å²) in [5.74, 6) is 0.139. The zero-order chi connectivity index (χ0) is 14.7. The Hall–Kier alpha value is -1.42. The van der Waals surface area contributed by atoms with Crippen LogP contribution in [0.1, 0.15) is 10.4 Å². The first-order valence-corrected chi connectivity index (χ1v) is 6.74. The van der Waals surface area contributed by atoms with Gasteiger partial charge < -0.3 is 10.1 Å². The van der Waals surface area contributed by atoms with Crippen molar-refractivity contribution < 1.29 is 9.53 Å². The van der Waals surface area contributed by atoms with Crippen molar-refractivity contribution in [3.05, 3.63) is 57.0 Å². The maximum Gasteiger partial charge on any atom is 0.257 e. The molecule has 0 fully saturated rings. The molecule has 0 saturated heterocycles. The Kier molecular flexibility index (Phi) is 4.76. The number of hydrogen-bond donors (Lipinski definition) is 1. The number of nitrogens with one attached hydrogen (secondary N) is 1. The summed E-state index contributed by atoms with van der Waals surface area (Å²) in [5.41, 5.74) is 0.786. The van der Waals surface area contributed by atoms with Crippen LogP contribution in [0.3, 0.4) is 0 Å². The van der Waals surface area contributed by atoms with Gasteiger partial charge in [-0.25, -0.2) is 0 Å². The molecule has 0 aromatic heterocycles. The van der Waals surface area contributed by atoms with Crippen LogP contribution in [0.4, 0.5) is 5.69 Å². The minimum Gasteiger partial charge on any atom is -0.495 e. The van der Waals surface area contributed by atoms with Crippen LogP contribution in [0.15, 0.2) is 36.4 Å². The highest BCUT2D eigenvalue weighted by atomic mass is 35.5. The zero-order valence-corrected chi connectivity index (χ0v) is 12.7. The number of benzene rings is 2. The van der Waals surface area contributed by atoms with Crippen molar-refractivity contribution in [1.29, 1.82) is 0 Å². The van der Waals surface area contributed by atoms with Gasteiger partial charge in [0.25, 0.3) is 5.91 Å². The summed E-state index contributed by atoms with van der Waals surface area (Å²) >= 11 is 17.7. The van der Waals surface area contributed by atoms with Gasteiger partial charge in [-0.15, -0.1) is 0 Å². The molecule has 3 nitrogen and oxygen atoms in total. The SMILES string of the molecule is COc1ccc(Cl)cc1NC(=O)c1ccc(Cl)cc1Cl. The summed E-state index contributed by atoms with van der Waals surface area (Å²) in [4.78, 5) is 12.2. The first kappa shape index (κ1) is 15.0.